The van der Waals surface area contributed by atoms with Crippen molar-refractivity contribution in [2.24, 2.45) is 5.92 Å². The number of hydrogen-bond acceptors (Lipinski definition) is 7. The lowest BCUT2D eigenvalue weighted by atomic mass is 10.0. The lowest BCUT2D eigenvalue weighted by molar-refractivity contribution is -0.124. The van der Waals surface area contributed by atoms with Crippen molar-refractivity contribution in [3.05, 3.63) is 75.9 Å². The van der Waals surface area contributed by atoms with Crippen molar-refractivity contribution >= 4 is 44.1 Å². The average molecular weight is 556 g/mol. The van der Waals surface area contributed by atoms with E-state index < -0.39 is 15.9 Å². The second kappa shape index (κ2) is 10.8. The SMILES string of the molecule is CNC(=O)[C@H](C)Cn1cnc2ccc(-c3cnc(OC)c(NS(=O)(=O)c4cc(Cl)ccc4C)c3)cc2c1=O. The lowest BCUT2D eigenvalue weighted by Crippen LogP contribution is -2.32. The zero-order chi connectivity index (χ0) is 27.6. The van der Waals surface area contributed by atoms with Gasteiger partial charge in [0.05, 0.1) is 35.2 Å². The van der Waals surface area contributed by atoms with E-state index in [0.717, 1.165) is 0 Å². The number of nitrogens with zero attached hydrogens (tertiary/aromatic N) is 3. The molecule has 38 heavy (non-hydrogen) atoms. The summed E-state index contributed by atoms with van der Waals surface area (Å²) in [5.41, 5.74) is 1.99. The normalized spacial score (nSPS) is 12.2. The maximum Gasteiger partial charge on any atom is 0.262 e. The zero-order valence-electron chi connectivity index (χ0n) is 21.1. The predicted octanol–water partition coefficient (Wildman–Crippen LogP) is 3.61. The van der Waals surface area contributed by atoms with E-state index in [2.05, 4.69) is 20.0 Å². The number of methoxy groups -OCH3 is 1. The van der Waals surface area contributed by atoms with E-state index in [-0.39, 0.29) is 39.5 Å². The Balaban J connectivity index is 1.74. The van der Waals surface area contributed by atoms with Gasteiger partial charge in [0.25, 0.3) is 15.6 Å². The van der Waals surface area contributed by atoms with Crippen LogP contribution < -0.4 is 20.3 Å². The molecule has 10 nitrogen and oxygen atoms in total. The minimum atomic E-state index is -4.02. The zero-order valence-corrected chi connectivity index (χ0v) is 22.7. The van der Waals surface area contributed by atoms with Gasteiger partial charge in [-0.3, -0.25) is 18.9 Å². The molecule has 2 N–H and O–H groups in total. The molecule has 2 heterocycles. The first-order valence-corrected chi connectivity index (χ1v) is 13.4. The summed E-state index contributed by atoms with van der Waals surface area (Å²) >= 11 is 6.03. The van der Waals surface area contributed by atoms with E-state index in [1.54, 1.807) is 57.3 Å². The summed E-state index contributed by atoms with van der Waals surface area (Å²) in [7, 11) is -1.09. The van der Waals surface area contributed by atoms with Crippen LogP contribution in [-0.2, 0) is 21.4 Å². The van der Waals surface area contributed by atoms with Gasteiger partial charge in [0.15, 0.2) is 0 Å². The molecule has 0 bridgehead atoms. The van der Waals surface area contributed by atoms with E-state index in [9.17, 15) is 18.0 Å². The maximum absolute atomic E-state index is 13.2. The van der Waals surface area contributed by atoms with Crippen LogP contribution in [0, 0.1) is 12.8 Å². The molecule has 0 aliphatic heterocycles. The van der Waals surface area contributed by atoms with Crippen molar-refractivity contribution in [1.82, 2.24) is 19.9 Å². The number of ether oxygens (including phenoxy) is 1. The van der Waals surface area contributed by atoms with Crippen LogP contribution in [-0.4, -0.2) is 43.0 Å². The summed E-state index contributed by atoms with van der Waals surface area (Å²) < 4.78 is 35.6. The van der Waals surface area contributed by atoms with E-state index in [1.165, 1.54) is 30.3 Å². The predicted molar refractivity (Wildman–Crippen MR) is 146 cm³/mol. The van der Waals surface area contributed by atoms with Crippen molar-refractivity contribution in [3.63, 3.8) is 0 Å². The van der Waals surface area contributed by atoms with Crippen molar-refractivity contribution in [2.75, 3.05) is 18.9 Å². The number of hydrogen-bond donors (Lipinski definition) is 2. The number of carbonyl (C=O) groups is 1. The van der Waals surface area contributed by atoms with Crippen LogP contribution in [0.2, 0.25) is 5.02 Å². The van der Waals surface area contributed by atoms with E-state index in [0.29, 0.717) is 27.6 Å². The molecule has 2 aromatic carbocycles. The molecule has 0 aliphatic rings. The van der Waals surface area contributed by atoms with Gasteiger partial charge in [0.2, 0.25) is 11.8 Å². The Kier molecular flexibility index (Phi) is 7.70. The molecule has 2 aromatic heterocycles. The number of nitrogens with one attached hydrogen (secondary N) is 2. The summed E-state index contributed by atoms with van der Waals surface area (Å²) in [4.78, 5) is 33.7. The average Bonchev–Trinajstić information content (AvgIpc) is 2.90. The van der Waals surface area contributed by atoms with Crippen LogP contribution in [0.5, 0.6) is 5.88 Å². The number of rotatable bonds is 8. The number of halogens is 1. The number of aromatic nitrogens is 3. The smallest absolute Gasteiger partial charge is 0.262 e. The standard InChI is InChI=1S/C26H26ClN5O5S/c1-15-5-7-19(27)11-23(15)38(35,36)31-22-10-18(12-29-25(22)37-4)17-6-8-21-20(9-17)26(34)32(14-30-21)13-16(2)24(33)28-3/h5-12,14,16,31H,13H2,1-4H3,(H,28,33)/t16-/m1/s1. The van der Waals surface area contributed by atoms with Crippen LogP contribution in [0.3, 0.4) is 0 Å². The van der Waals surface area contributed by atoms with Crippen molar-refractivity contribution < 1.29 is 17.9 Å². The van der Waals surface area contributed by atoms with Gasteiger partial charge in [-0.2, -0.15) is 0 Å². The Morgan fingerprint density at radius 2 is 1.89 bits per heavy atom. The molecular weight excluding hydrogens is 530 g/mol. The Bertz CT molecular complexity index is 1700. The molecule has 0 saturated carbocycles. The van der Waals surface area contributed by atoms with Gasteiger partial charge >= 0.3 is 0 Å². The summed E-state index contributed by atoms with van der Waals surface area (Å²) in [5, 5.41) is 3.21. The molecule has 1 atom stereocenters. The van der Waals surface area contributed by atoms with Gasteiger partial charge < -0.3 is 10.1 Å². The molecule has 0 fully saturated rings. The first-order valence-electron chi connectivity index (χ1n) is 11.6. The maximum atomic E-state index is 13.2. The fourth-order valence-corrected chi connectivity index (χ4v) is 5.56. The van der Waals surface area contributed by atoms with Crippen molar-refractivity contribution in [1.29, 1.82) is 0 Å². The number of benzene rings is 2. The molecule has 12 heteroatoms. The van der Waals surface area contributed by atoms with Crippen molar-refractivity contribution in [3.8, 4) is 17.0 Å². The molecule has 0 spiro atoms. The monoisotopic (exact) mass is 555 g/mol. The molecule has 0 aliphatic carbocycles. The Hall–Kier alpha value is -3.96. The van der Waals surface area contributed by atoms with E-state index in [1.807, 2.05) is 0 Å². The first-order chi connectivity index (χ1) is 18.0. The van der Waals surface area contributed by atoms with Gasteiger partial charge in [-0.05, 0) is 48.4 Å². The van der Waals surface area contributed by atoms with E-state index in [4.69, 9.17) is 16.3 Å². The lowest BCUT2D eigenvalue weighted by Gasteiger charge is -2.15. The molecule has 4 aromatic rings. The first kappa shape index (κ1) is 27.1. The second-order valence-corrected chi connectivity index (χ2v) is 10.8. The van der Waals surface area contributed by atoms with Crippen LogP contribution in [0.1, 0.15) is 12.5 Å². The summed E-state index contributed by atoms with van der Waals surface area (Å²) in [6.45, 7) is 3.56. The topological polar surface area (TPSA) is 132 Å². The number of aryl methyl sites for hydroxylation is 1. The van der Waals surface area contributed by atoms with Gasteiger partial charge in [-0.15, -0.1) is 0 Å². The second-order valence-electron chi connectivity index (χ2n) is 8.75. The number of amides is 1. The minimum absolute atomic E-state index is 0.0285. The molecule has 0 radical (unpaired) electrons. The molecular formula is C26H26ClN5O5S. The fourth-order valence-electron chi connectivity index (χ4n) is 4.00. The third-order valence-corrected chi connectivity index (χ3v) is 7.79. The highest BCUT2D eigenvalue weighted by Gasteiger charge is 2.21. The highest BCUT2D eigenvalue weighted by atomic mass is 35.5. The molecule has 198 valence electrons. The highest BCUT2D eigenvalue weighted by Crippen LogP contribution is 2.32. The Morgan fingerprint density at radius 3 is 2.61 bits per heavy atom. The van der Waals surface area contributed by atoms with E-state index >= 15 is 0 Å². The van der Waals surface area contributed by atoms with Gasteiger partial charge in [-0.1, -0.05) is 30.7 Å². The number of carbonyl (C=O) groups excluding carboxylic acids is 1. The summed E-state index contributed by atoms with van der Waals surface area (Å²) in [6.07, 6.45) is 2.94. The van der Waals surface area contributed by atoms with Gasteiger partial charge in [0, 0.05) is 30.4 Å². The fraction of sp³-hybridized carbons (Fsp3) is 0.231. The Labute approximate surface area is 224 Å². The molecule has 0 saturated heterocycles. The molecule has 4 rings (SSSR count). The highest BCUT2D eigenvalue weighted by molar-refractivity contribution is 7.92. The van der Waals surface area contributed by atoms with Gasteiger partial charge in [-0.25, -0.2) is 18.4 Å². The molecule has 0 unspecified atom stereocenters. The number of anilines is 1. The van der Waals surface area contributed by atoms with Crippen LogP contribution in [0.4, 0.5) is 5.69 Å². The number of sulfonamides is 1. The quantitative estimate of drug-likeness (QED) is 0.339. The van der Waals surface area contributed by atoms with Crippen LogP contribution in [0.25, 0.3) is 22.0 Å². The Morgan fingerprint density at radius 1 is 1.13 bits per heavy atom. The third kappa shape index (κ3) is 5.48. The molecule has 1 amide bonds. The number of fused-ring (bicyclic) bond motifs is 1. The summed E-state index contributed by atoms with van der Waals surface area (Å²) in [5.74, 6) is -0.535. The van der Waals surface area contributed by atoms with Gasteiger partial charge in [0.1, 0.15) is 5.69 Å². The van der Waals surface area contributed by atoms with Crippen molar-refractivity contribution in [2.45, 2.75) is 25.3 Å². The van der Waals surface area contributed by atoms with Crippen LogP contribution >= 0.6 is 11.6 Å². The third-order valence-electron chi connectivity index (χ3n) is 6.05. The number of pyridine rings is 1. The van der Waals surface area contributed by atoms with Crippen LogP contribution in [0.15, 0.2) is 64.7 Å². The summed E-state index contributed by atoms with van der Waals surface area (Å²) in [6, 6.07) is 11.3. The minimum Gasteiger partial charge on any atom is -0.480 e. The largest absolute Gasteiger partial charge is 0.480 e.